The predicted molar refractivity (Wildman–Crippen MR) is 75.8 cm³/mol. The van der Waals surface area contributed by atoms with E-state index in [1.165, 1.54) is 10.0 Å². The Morgan fingerprint density at radius 2 is 1.27 bits per heavy atom. The summed E-state index contributed by atoms with van der Waals surface area (Å²) in [5.41, 5.74) is 1.43. The Morgan fingerprint density at radius 1 is 0.864 bits per heavy atom. The molecular formula is C14H16F6FeP-. The third-order valence-electron chi connectivity index (χ3n) is 2.46. The first-order valence-corrected chi connectivity index (χ1v) is 9.54. The molecule has 1 aliphatic carbocycles. The van der Waals surface area contributed by atoms with Gasteiger partial charge in [-0.15, -0.1) is 0 Å². The van der Waals surface area contributed by atoms with Gasteiger partial charge in [0.1, 0.15) is 0 Å². The Morgan fingerprint density at radius 3 is 1.64 bits per heavy atom. The first-order valence-electron chi connectivity index (χ1n) is 6.33. The molecule has 0 unspecified atom stereocenters. The zero-order valence-electron chi connectivity index (χ0n) is 11.8. The number of rotatable bonds is 3. The summed E-state index contributed by atoms with van der Waals surface area (Å²) >= 11 is 1.13. The molecule has 0 heterocycles. The van der Waals surface area contributed by atoms with Crippen molar-refractivity contribution in [2.75, 3.05) is 0 Å². The number of allylic oxidation sites excluding steroid dienone is 4. The van der Waals surface area contributed by atoms with Gasteiger partial charge in [-0.25, -0.2) is 0 Å². The van der Waals surface area contributed by atoms with Crippen LogP contribution in [-0.2, 0) is 15.0 Å². The summed E-state index contributed by atoms with van der Waals surface area (Å²) in [6.45, 7) is 4.47. The maximum atomic E-state index is 9.87. The van der Waals surface area contributed by atoms with Gasteiger partial charge in [0.25, 0.3) is 0 Å². The van der Waals surface area contributed by atoms with E-state index in [0.29, 0.717) is 10.7 Å². The summed E-state index contributed by atoms with van der Waals surface area (Å²) < 4.78 is 60.6. The van der Waals surface area contributed by atoms with Crippen molar-refractivity contribution in [3.05, 3.63) is 54.1 Å². The SMILES string of the molecule is CC(C)c1cc[c]([Fe][CH]2C=CC=C2)cc1.F[P-](F)(F)(F)(F)F. The quantitative estimate of drug-likeness (QED) is 0.305. The van der Waals surface area contributed by atoms with Crippen molar-refractivity contribution < 1.29 is 40.1 Å². The Labute approximate surface area is 131 Å². The van der Waals surface area contributed by atoms with Crippen molar-refractivity contribution in [3.63, 3.8) is 0 Å². The van der Waals surface area contributed by atoms with Crippen LogP contribution in [0.4, 0.5) is 25.2 Å². The molecular weight excluding hydrogens is 369 g/mol. The van der Waals surface area contributed by atoms with Crippen LogP contribution < -0.4 is 4.46 Å². The van der Waals surface area contributed by atoms with E-state index in [1.54, 1.807) is 0 Å². The summed E-state index contributed by atoms with van der Waals surface area (Å²) in [6, 6.07) is 9.02. The average Bonchev–Trinajstić information content (AvgIpc) is 2.78. The van der Waals surface area contributed by atoms with Crippen molar-refractivity contribution in [2.24, 2.45) is 0 Å². The number of halogens is 6. The molecule has 0 bridgehead atoms. The van der Waals surface area contributed by atoms with Crippen LogP contribution in [0, 0.1) is 0 Å². The molecule has 0 N–H and O–H groups in total. The first kappa shape index (κ1) is 19.3. The zero-order chi connectivity index (χ0) is 17.1. The van der Waals surface area contributed by atoms with Crippen molar-refractivity contribution in [2.45, 2.75) is 24.6 Å². The van der Waals surface area contributed by atoms with Crippen molar-refractivity contribution in [1.29, 1.82) is 0 Å². The normalized spacial score (nSPS) is 18.0. The van der Waals surface area contributed by atoms with Crippen molar-refractivity contribution >= 4 is 12.3 Å². The van der Waals surface area contributed by atoms with E-state index in [-0.39, 0.29) is 0 Å². The van der Waals surface area contributed by atoms with Crippen LogP contribution in [0.1, 0.15) is 25.3 Å². The second kappa shape index (κ2) is 6.03. The summed E-state index contributed by atoms with van der Waals surface area (Å²) in [4.78, 5) is 0.606. The molecule has 0 amide bonds. The molecule has 0 spiro atoms. The molecule has 0 saturated heterocycles. The average molecular weight is 385 g/mol. The summed E-state index contributed by atoms with van der Waals surface area (Å²) in [5, 5.41) is 0. The fourth-order valence-corrected chi connectivity index (χ4v) is 2.79. The Kier molecular flexibility index (Phi) is 5.28. The molecule has 1 aromatic rings. The van der Waals surface area contributed by atoms with Crippen LogP contribution >= 0.6 is 7.81 Å². The molecule has 0 fully saturated rings. The van der Waals surface area contributed by atoms with Gasteiger partial charge in [0, 0.05) is 0 Å². The standard InChI is InChI=1S/C9H11.C5H5.F6P.Fe/c1-8(2)9-6-4-3-5-7-9;1-2-4-5-3-1;1-7(2,3,4,5)6;/h4-8H,1-2H3;1-5H;;/q;;-1;. The van der Waals surface area contributed by atoms with Gasteiger partial charge in [-0.1, -0.05) is 0 Å². The number of benzene rings is 1. The maximum absolute atomic E-state index is 10.7. The van der Waals surface area contributed by atoms with Crippen LogP contribution in [0.25, 0.3) is 0 Å². The van der Waals surface area contributed by atoms with Gasteiger partial charge in [0.15, 0.2) is 0 Å². The zero-order valence-corrected chi connectivity index (χ0v) is 13.8. The van der Waals surface area contributed by atoms with Crippen molar-refractivity contribution in [3.8, 4) is 0 Å². The number of hydrogen-bond donors (Lipinski definition) is 0. The van der Waals surface area contributed by atoms with E-state index in [1.807, 2.05) is 0 Å². The van der Waals surface area contributed by atoms with E-state index in [9.17, 15) is 25.2 Å². The summed E-state index contributed by atoms with van der Waals surface area (Å²) in [6.07, 6.45) is 8.78. The fourth-order valence-electron chi connectivity index (χ4n) is 1.52. The minimum absolute atomic E-state index is 0.606. The second-order valence-electron chi connectivity index (χ2n) is 4.95. The van der Waals surface area contributed by atoms with E-state index in [4.69, 9.17) is 0 Å². The molecule has 0 radical (unpaired) electrons. The molecule has 0 aliphatic heterocycles. The Hall–Kier alpha value is -0.771. The van der Waals surface area contributed by atoms with Gasteiger partial charge < -0.3 is 0 Å². The Balaban J connectivity index is 0.000000295. The van der Waals surface area contributed by atoms with Gasteiger partial charge in [0.05, 0.1) is 0 Å². The molecule has 0 nitrogen and oxygen atoms in total. The Bertz CT molecular complexity index is 533. The van der Waals surface area contributed by atoms with Crippen LogP contribution in [-0.4, -0.2) is 0 Å². The van der Waals surface area contributed by atoms with Gasteiger partial charge in [-0.3, -0.25) is 0 Å². The van der Waals surface area contributed by atoms with Gasteiger partial charge in [-0.05, 0) is 0 Å². The van der Waals surface area contributed by atoms with E-state index >= 15 is 0 Å². The molecule has 0 aromatic heterocycles. The van der Waals surface area contributed by atoms with E-state index in [0.717, 1.165) is 15.0 Å². The van der Waals surface area contributed by atoms with Gasteiger partial charge >= 0.3 is 131 Å². The molecule has 2 rings (SSSR count). The minimum atomic E-state index is -10.7. The molecule has 0 saturated carbocycles. The fraction of sp³-hybridized carbons (Fsp3) is 0.286. The number of hydrogen-bond acceptors (Lipinski definition) is 0. The van der Waals surface area contributed by atoms with Crippen LogP contribution in [0.5, 0.6) is 0 Å². The third-order valence-corrected chi connectivity index (χ3v) is 3.99. The molecule has 1 aromatic carbocycles. The van der Waals surface area contributed by atoms with Crippen LogP contribution in [0.15, 0.2) is 48.6 Å². The van der Waals surface area contributed by atoms with Crippen LogP contribution in [0.2, 0.25) is 4.82 Å². The molecule has 22 heavy (non-hydrogen) atoms. The van der Waals surface area contributed by atoms with Crippen molar-refractivity contribution in [1.82, 2.24) is 0 Å². The molecule has 1 aliphatic rings. The second-order valence-corrected chi connectivity index (χ2v) is 8.56. The predicted octanol–water partition coefficient (Wildman–Crippen LogP) is 6.81. The van der Waals surface area contributed by atoms with E-state index < -0.39 is 7.81 Å². The molecule has 8 heteroatoms. The summed E-state index contributed by atoms with van der Waals surface area (Å²) in [7, 11) is -10.7. The monoisotopic (exact) mass is 385 g/mol. The van der Waals surface area contributed by atoms with Crippen LogP contribution in [0.3, 0.4) is 0 Å². The molecule has 0 atom stereocenters. The van der Waals surface area contributed by atoms with Gasteiger partial charge in [0.2, 0.25) is 0 Å². The first-order chi connectivity index (χ1) is 9.70. The third kappa shape index (κ3) is 10.9. The van der Waals surface area contributed by atoms with E-state index in [2.05, 4.69) is 62.4 Å². The summed E-state index contributed by atoms with van der Waals surface area (Å²) in [5.74, 6) is 0.630. The molecule has 128 valence electrons. The topological polar surface area (TPSA) is 0 Å². The van der Waals surface area contributed by atoms with Gasteiger partial charge in [-0.2, -0.15) is 0 Å².